The van der Waals surface area contributed by atoms with Gasteiger partial charge < -0.3 is 5.73 Å². The number of hydrogen-bond acceptors (Lipinski definition) is 8. The predicted octanol–water partition coefficient (Wildman–Crippen LogP) is 1.51. The molecule has 10 heteroatoms. The van der Waals surface area contributed by atoms with E-state index in [1.54, 1.807) is 6.21 Å². The molecule has 0 saturated carbocycles. The molecular formula is C17H20N8O2. The van der Waals surface area contributed by atoms with Crippen molar-refractivity contribution in [2.24, 2.45) is 5.10 Å². The zero-order chi connectivity index (χ0) is 19.2. The molecule has 2 aromatic heterocycles. The second-order valence-electron chi connectivity index (χ2n) is 5.81. The van der Waals surface area contributed by atoms with Gasteiger partial charge in [-0.2, -0.15) is 9.78 Å². The molecule has 0 atom stereocenters. The normalized spacial score (nSPS) is 11.2. The Bertz CT molecular complexity index is 942. The van der Waals surface area contributed by atoms with Crippen LogP contribution in [0.3, 0.4) is 0 Å². The van der Waals surface area contributed by atoms with Crippen LogP contribution in [0.2, 0.25) is 0 Å². The topological polar surface area (TPSA) is 137 Å². The first-order valence-electron chi connectivity index (χ1n) is 8.59. The van der Waals surface area contributed by atoms with E-state index in [4.69, 9.17) is 5.73 Å². The largest absolute Gasteiger partial charge is 0.378 e. The first kappa shape index (κ1) is 18.2. The van der Waals surface area contributed by atoms with Gasteiger partial charge in [0.2, 0.25) is 11.6 Å². The van der Waals surface area contributed by atoms with E-state index >= 15 is 0 Å². The Labute approximate surface area is 155 Å². The van der Waals surface area contributed by atoms with Crippen LogP contribution in [0.15, 0.2) is 34.0 Å². The fourth-order valence-electron chi connectivity index (χ4n) is 2.50. The van der Waals surface area contributed by atoms with E-state index in [0.29, 0.717) is 12.1 Å². The summed E-state index contributed by atoms with van der Waals surface area (Å²) in [5, 5.41) is 19.1. The summed E-state index contributed by atoms with van der Waals surface area (Å²) in [5.41, 5.74) is 11.0. The van der Waals surface area contributed by atoms with Crippen molar-refractivity contribution in [3.05, 3.63) is 46.8 Å². The van der Waals surface area contributed by atoms with Crippen LogP contribution in [0.5, 0.6) is 0 Å². The first-order valence-corrected chi connectivity index (χ1v) is 8.59. The quantitative estimate of drug-likeness (QED) is 0.476. The molecule has 10 nitrogen and oxygen atoms in total. The Balaban J connectivity index is 1.77. The molecule has 2 heterocycles. The van der Waals surface area contributed by atoms with Gasteiger partial charge in [-0.05, 0) is 34.3 Å². The lowest BCUT2D eigenvalue weighted by Gasteiger charge is -2.03. The van der Waals surface area contributed by atoms with Gasteiger partial charge >= 0.3 is 0 Å². The Hall–Kier alpha value is -3.56. The zero-order valence-electron chi connectivity index (χ0n) is 15.1. The van der Waals surface area contributed by atoms with Crippen LogP contribution in [-0.2, 0) is 12.8 Å². The highest BCUT2D eigenvalue weighted by Gasteiger charge is 2.23. The summed E-state index contributed by atoms with van der Waals surface area (Å²) < 4.78 is 5.95. The monoisotopic (exact) mass is 368 g/mol. The molecule has 1 amide bonds. The molecule has 0 radical (unpaired) electrons. The molecule has 0 aliphatic carbocycles. The van der Waals surface area contributed by atoms with Crippen LogP contribution >= 0.6 is 0 Å². The SMILES string of the molecule is CCCc1c(C(=O)N/N=C\c2ccc(CC)cc2)nnn1-c1nonc1N. The van der Waals surface area contributed by atoms with E-state index in [1.807, 2.05) is 31.2 Å². The highest BCUT2D eigenvalue weighted by molar-refractivity contribution is 5.94. The molecule has 0 spiro atoms. The lowest BCUT2D eigenvalue weighted by molar-refractivity contribution is 0.0949. The average molecular weight is 368 g/mol. The van der Waals surface area contributed by atoms with E-state index in [2.05, 4.69) is 42.7 Å². The third kappa shape index (κ3) is 4.00. The molecule has 0 saturated heterocycles. The van der Waals surface area contributed by atoms with Crippen LogP contribution in [-0.4, -0.2) is 37.4 Å². The Morgan fingerprint density at radius 2 is 2.07 bits per heavy atom. The maximum atomic E-state index is 12.5. The highest BCUT2D eigenvalue weighted by atomic mass is 16.6. The summed E-state index contributed by atoms with van der Waals surface area (Å²) in [6.45, 7) is 4.06. The van der Waals surface area contributed by atoms with E-state index in [1.165, 1.54) is 10.2 Å². The van der Waals surface area contributed by atoms with Gasteiger partial charge in [-0.15, -0.1) is 5.10 Å². The van der Waals surface area contributed by atoms with Crippen molar-refractivity contribution in [1.82, 2.24) is 30.7 Å². The van der Waals surface area contributed by atoms with Gasteiger partial charge in [-0.3, -0.25) is 4.79 Å². The minimum absolute atomic E-state index is 0.0674. The maximum absolute atomic E-state index is 12.5. The fourth-order valence-corrected chi connectivity index (χ4v) is 2.50. The number of hydrogen-bond donors (Lipinski definition) is 2. The molecule has 1 aromatic carbocycles. The number of hydrazone groups is 1. The minimum Gasteiger partial charge on any atom is -0.378 e. The fraction of sp³-hybridized carbons (Fsp3) is 0.294. The van der Waals surface area contributed by atoms with Crippen molar-refractivity contribution in [2.75, 3.05) is 5.73 Å². The first-order chi connectivity index (χ1) is 13.1. The number of carbonyl (C=O) groups is 1. The van der Waals surface area contributed by atoms with Gasteiger partial charge in [0, 0.05) is 0 Å². The second kappa shape index (κ2) is 8.21. The number of aryl methyl sites for hydroxylation is 1. The standard InChI is InChI=1S/C17H20N8O2/c1-3-5-13-14(20-24-25(13)16-15(18)22-27-23-16)17(26)21-19-10-12-8-6-11(4-2)7-9-12/h6-10H,3-5H2,1-2H3,(H2,18,22)(H,21,26)/b19-10-. The van der Waals surface area contributed by atoms with Gasteiger partial charge in [-0.1, -0.05) is 49.7 Å². The zero-order valence-corrected chi connectivity index (χ0v) is 15.1. The summed E-state index contributed by atoms with van der Waals surface area (Å²) >= 11 is 0. The third-order valence-electron chi connectivity index (χ3n) is 3.93. The van der Waals surface area contributed by atoms with Crippen LogP contribution in [0.1, 0.15) is 47.6 Å². The Morgan fingerprint density at radius 1 is 1.30 bits per heavy atom. The second-order valence-corrected chi connectivity index (χ2v) is 5.81. The van der Waals surface area contributed by atoms with E-state index in [-0.39, 0.29) is 17.3 Å². The molecule has 0 aliphatic heterocycles. The number of carbonyl (C=O) groups excluding carboxylic acids is 1. The maximum Gasteiger partial charge on any atom is 0.293 e. The molecule has 3 rings (SSSR count). The molecule has 3 N–H and O–H groups in total. The van der Waals surface area contributed by atoms with Crippen molar-refractivity contribution < 1.29 is 9.42 Å². The van der Waals surface area contributed by atoms with Gasteiger partial charge in [0.25, 0.3) is 5.91 Å². The van der Waals surface area contributed by atoms with Gasteiger partial charge in [-0.25, -0.2) is 10.1 Å². The third-order valence-corrected chi connectivity index (χ3v) is 3.93. The number of nitrogens with one attached hydrogen (secondary N) is 1. The Morgan fingerprint density at radius 3 is 2.70 bits per heavy atom. The molecule has 0 fully saturated rings. The van der Waals surface area contributed by atoms with Crippen LogP contribution < -0.4 is 11.2 Å². The van der Waals surface area contributed by atoms with Crippen LogP contribution in [0.4, 0.5) is 5.82 Å². The lowest BCUT2D eigenvalue weighted by Crippen LogP contribution is -2.20. The van der Waals surface area contributed by atoms with Crippen molar-refractivity contribution in [3.63, 3.8) is 0 Å². The summed E-state index contributed by atoms with van der Waals surface area (Å²) in [7, 11) is 0. The number of nitrogens with zero attached hydrogens (tertiary/aromatic N) is 6. The summed E-state index contributed by atoms with van der Waals surface area (Å²) in [6, 6.07) is 7.91. The molecule has 3 aromatic rings. The molecule has 140 valence electrons. The van der Waals surface area contributed by atoms with E-state index < -0.39 is 5.91 Å². The van der Waals surface area contributed by atoms with Crippen LogP contribution in [0, 0.1) is 0 Å². The van der Waals surface area contributed by atoms with Crippen LogP contribution in [0.25, 0.3) is 5.82 Å². The molecule has 27 heavy (non-hydrogen) atoms. The van der Waals surface area contributed by atoms with Gasteiger partial charge in [0.1, 0.15) is 0 Å². The number of rotatable bonds is 7. The van der Waals surface area contributed by atoms with Crippen molar-refractivity contribution in [3.8, 4) is 5.82 Å². The van der Waals surface area contributed by atoms with E-state index in [0.717, 1.165) is 18.4 Å². The summed E-state index contributed by atoms with van der Waals surface area (Å²) in [5.74, 6) is -0.205. The number of aromatic nitrogens is 5. The number of benzene rings is 1. The highest BCUT2D eigenvalue weighted by Crippen LogP contribution is 2.17. The predicted molar refractivity (Wildman–Crippen MR) is 98.5 cm³/mol. The van der Waals surface area contributed by atoms with Crippen molar-refractivity contribution >= 4 is 17.9 Å². The number of nitrogens with two attached hydrogens (primary N) is 1. The number of anilines is 1. The minimum atomic E-state index is -0.471. The van der Waals surface area contributed by atoms with Gasteiger partial charge in [0.05, 0.1) is 11.9 Å². The Kier molecular flexibility index (Phi) is 5.55. The molecule has 0 unspecified atom stereocenters. The van der Waals surface area contributed by atoms with E-state index in [9.17, 15) is 4.79 Å². The molecule has 0 aliphatic rings. The average Bonchev–Trinajstić information content (AvgIpc) is 3.28. The smallest absolute Gasteiger partial charge is 0.293 e. The molecule has 0 bridgehead atoms. The van der Waals surface area contributed by atoms with Crippen molar-refractivity contribution in [2.45, 2.75) is 33.1 Å². The number of nitrogen functional groups attached to an aromatic ring is 1. The van der Waals surface area contributed by atoms with Crippen molar-refractivity contribution in [1.29, 1.82) is 0 Å². The molecular weight excluding hydrogens is 348 g/mol. The van der Waals surface area contributed by atoms with Gasteiger partial charge in [0.15, 0.2) is 5.69 Å². The summed E-state index contributed by atoms with van der Waals surface area (Å²) in [4.78, 5) is 12.5. The lowest BCUT2D eigenvalue weighted by atomic mass is 10.1. The number of amides is 1. The summed E-state index contributed by atoms with van der Waals surface area (Å²) in [6.07, 6.45) is 3.85.